The molecule has 1 nitrogen and oxygen atoms in total. The Morgan fingerprint density at radius 3 is 2.55 bits per heavy atom. The molecule has 1 aromatic rings. The number of hydrogen-bond donors (Lipinski definition) is 1. The van der Waals surface area contributed by atoms with Gasteiger partial charge in [0.15, 0.2) is 0 Å². The highest BCUT2D eigenvalue weighted by atomic mass is 14.7. The van der Waals surface area contributed by atoms with Gasteiger partial charge in [0.2, 0.25) is 0 Å². The zero-order chi connectivity index (χ0) is 14.2. The summed E-state index contributed by atoms with van der Waals surface area (Å²) >= 11 is 0. The Bertz CT molecular complexity index is 459. The van der Waals surface area contributed by atoms with Gasteiger partial charge in [-0.1, -0.05) is 57.4 Å². The minimum absolute atomic E-state index is 0.213. The molecule has 0 bridgehead atoms. The zero-order valence-electron chi connectivity index (χ0n) is 13.1. The quantitative estimate of drug-likeness (QED) is 0.806. The lowest BCUT2D eigenvalue weighted by molar-refractivity contribution is 0.112. The lowest BCUT2D eigenvalue weighted by atomic mass is 9.65. The average Bonchev–Trinajstić information content (AvgIpc) is 2.36. The van der Waals surface area contributed by atoms with Crippen LogP contribution in [-0.4, -0.2) is 0 Å². The molecule has 0 aromatic heterocycles. The fraction of sp³-hybridized carbons (Fsp3) is 0.684. The van der Waals surface area contributed by atoms with E-state index < -0.39 is 0 Å². The molecule has 2 aliphatic rings. The third kappa shape index (κ3) is 2.65. The molecule has 0 spiro atoms. The van der Waals surface area contributed by atoms with E-state index in [1.54, 1.807) is 0 Å². The zero-order valence-corrected chi connectivity index (χ0v) is 13.1. The molecule has 1 aromatic carbocycles. The van der Waals surface area contributed by atoms with Crippen LogP contribution in [0.2, 0.25) is 0 Å². The van der Waals surface area contributed by atoms with E-state index in [2.05, 4.69) is 38.1 Å². The van der Waals surface area contributed by atoms with Crippen LogP contribution in [0.25, 0.3) is 0 Å². The van der Waals surface area contributed by atoms with E-state index in [-0.39, 0.29) is 6.04 Å². The smallest absolute Gasteiger partial charge is 0.0328 e. The molecule has 3 rings (SSSR count). The van der Waals surface area contributed by atoms with Crippen molar-refractivity contribution >= 4 is 0 Å². The van der Waals surface area contributed by atoms with E-state index in [1.807, 2.05) is 0 Å². The molecule has 2 fully saturated rings. The van der Waals surface area contributed by atoms with Gasteiger partial charge in [0.1, 0.15) is 0 Å². The first-order valence-corrected chi connectivity index (χ1v) is 8.43. The summed E-state index contributed by atoms with van der Waals surface area (Å²) in [6.07, 6.45) is 9.48. The summed E-state index contributed by atoms with van der Waals surface area (Å²) in [5.41, 5.74) is 9.96. The molecule has 2 saturated carbocycles. The van der Waals surface area contributed by atoms with Gasteiger partial charge in [0.25, 0.3) is 0 Å². The molecule has 2 atom stereocenters. The first kappa shape index (κ1) is 14.1. The first-order chi connectivity index (χ1) is 9.58. The summed E-state index contributed by atoms with van der Waals surface area (Å²) in [7, 11) is 0. The summed E-state index contributed by atoms with van der Waals surface area (Å²) in [6, 6.07) is 9.38. The van der Waals surface area contributed by atoms with Crippen LogP contribution < -0.4 is 5.73 Å². The average molecular weight is 271 g/mol. The normalized spacial score (nSPS) is 27.9. The second-order valence-electron chi connectivity index (χ2n) is 7.66. The number of benzene rings is 1. The molecule has 0 aliphatic heterocycles. The predicted molar refractivity (Wildman–Crippen MR) is 85.7 cm³/mol. The Morgan fingerprint density at radius 1 is 1.10 bits per heavy atom. The van der Waals surface area contributed by atoms with E-state index in [0.717, 1.165) is 5.92 Å². The van der Waals surface area contributed by atoms with Crippen molar-refractivity contribution in [3.63, 3.8) is 0 Å². The van der Waals surface area contributed by atoms with Crippen molar-refractivity contribution in [2.75, 3.05) is 0 Å². The molecule has 0 radical (unpaired) electrons. The largest absolute Gasteiger partial charge is 0.324 e. The van der Waals surface area contributed by atoms with Crippen LogP contribution in [-0.2, 0) is 0 Å². The van der Waals surface area contributed by atoms with Gasteiger partial charge in [0, 0.05) is 6.04 Å². The van der Waals surface area contributed by atoms with Crippen molar-refractivity contribution < 1.29 is 0 Å². The summed E-state index contributed by atoms with van der Waals surface area (Å²) in [4.78, 5) is 0. The maximum Gasteiger partial charge on any atom is 0.0328 e. The second kappa shape index (κ2) is 5.52. The molecule has 1 heteroatoms. The predicted octanol–water partition coefficient (Wildman–Crippen LogP) is 5.17. The Balaban J connectivity index is 1.80. The van der Waals surface area contributed by atoms with Crippen LogP contribution in [0.4, 0.5) is 0 Å². The third-order valence-electron chi connectivity index (χ3n) is 5.90. The highest BCUT2D eigenvalue weighted by Gasteiger charge is 2.36. The van der Waals surface area contributed by atoms with Crippen molar-refractivity contribution in [1.82, 2.24) is 0 Å². The highest BCUT2D eigenvalue weighted by molar-refractivity contribution is 5.30. The molecule has 110 valence electrons. The van der Waals surface area contributed by atoms with Crippen molar-refractivity contribution in [1.29, 1.82) is 0 Å². The van der Waals surface area contributed by atoms with Crippen LogP contribution >= 0.6 is 0 Å². The molecular weight excluding hydrogens is 242 g/mol. The molecular formula is C19H29N. The monoisotopic (exact) mass is 271 g/mol. The summed E-state index contributed by atoms with van der Waals surface area (Å²) in [6.45, 7) is 4.82. The molecule has 0 saturated heterocycles. The van der Waals surface area contributed by atoms with Gasteiger partial charge >= 0.3 is 0 Å². The standard InChI is InChI=1S/C19H29N/c1-19(2)12-4-3-11-17(19)18(20)16-10-6-9-15(13-16)14-7-5-8-14/h6,9-10,13-14,17-18H,3-5,7-8,11-12,20H2,1-2H3. The van der Waals surface area contributed by atoms with Gasteiger partial charge in [-0.05, 0) is 54.1 Å². The number of rotatable bonds is 3. The minimum Gasteiger partial charge on any atom is -0.324 e. The van der Waals surface area contributed by atoms with Gasteiger partial charge in [0.05, 0.1) is 0 Å². The molecule has 0 amide bonds. The summed E-state index contributed by atoms with van der Waals surface area (Å²) in [5, 5.41) is 0. The second-order valence-corrected chi connectivity index (χ2v) is 7.66. The van der Waals surface area contributed by atoms with Crippen LogP contribution in [0.5, 0.6) is 0 Å². The van der Waals surface area contributed by atoms with Gasteiger partial charge in [-0.3, -0.25) is 0 Å². The SMILES string of the molecule is CC1(C)CCCCC1C(N)c1cccc(C2CCC2)c1. The summed E-state index contributed by atoms with van der Waals surface area (Å²) in [5.74, 6) is 1.44. The maximum absolute atomic E-state index is 6.67. The van der Waals surface area contributed by atoms with E-state index in [4.69, 9.17) is 5.73 Å². The number of hydrogen-bond acceptors (Lipinski definition) is 1. The fourth-order valence-electron chi connectivity index (χ4n) is 4.18. The van der Waals surface area contributed by atoms with Crippen molar-refractivity contribution in [3.05, 3.63) is 35.4 Å². The highest BCUT2D eigenvalue weighted by Crippen LogP contribution is 2.46. The Labute approximate surface area is 124 Å². The topological polar surface area (TPSA) is 26.0 Å². The van der Waals surface area contributed by atoms with Crippen LogP contribution in [0.3, 0.4) is 0 Å². The van der Waals surface area contributed by atoms with Gasteiger partial charge < -0.3 is 5.73 Å². The van der Waals surface area contributed by atoms with E-state index in [9.17, 15) is 0 Å². The lowest BCUT2D eigenvalue weighted by Crippen LogP contribution is -2.36. The maximum atomic E-state index is 6.67. The van der Waals surface area contributed by atoms with Crippen LogP contribution in [0.1, 0.15) is 81.9 Å². The molecule has 2 N–H and O–H groups in total. The lowest BCUT2D eigenvalue weighted by Gasteiger charge is -2.42. The third-order valence-corrected chi connectivity index (χ3v) is 5.90. The van der Waals surface area contributed by atoms with Crippen LogP contribution in [0, 0.1) is 11.3 Å². The van der Waals surface area contributed by atoms with Crippen molar-refractivity contribution in [2.24, 2.45) is 17.1 Å². The van der Waals surface area contributed by atoms with Gasteiger partial charge in [-0.25, -0.2) is 0 Å². The van der Waals surface area contributed by atoms with E-state index in [1.165, 1.54) is 56.1 Å². The van der Waals surface area contributed by atoms with Gasteiger partial charge in [-0.2, -0.15) is 0 Å². The Hall–Kier alpha value is -0.820. The van der Waals surface area contributed by atoms with Gasteiger partial charge in [-0.15, -0.1) is 0 Å². The first-order valence-electron chi connectivity index (χ1n) is 8.43. The molecule has 2 aliphatic carbocycles. The Kier molecular flexibility index (Phi) is 3.90. The Morgan fingerprint density at radius 2 is 1.90 bits per heavy atom. The van der Waals surface area contributed by atoms with Crippen molar-refractivity contribution in [3.8, 4) is 0 Å². The molecule has 0 heterocycles. The van der Waals surface area contributed by atoms with E-state index >= 15 is 0 Å². The van der Waals surface area contributed by atoms with Crippen molar-refractivity contribution in [2.45, 2.75) is 70.8 Å². The van der Waals surface area contributed by atoms with Crippen LogP contribution in [0.15, 0.2) is 24.3 Å². The molecule has 2 unspecified atom stereocenters. The molecule has 20 heavy (non-hydrogen) atoms. The summed E-state index contributed by atoms with van der Waals surface area (Å²) < 4.78 is 0. The van der Waals surface area contributed by atoms with E-state index in [0.29, 0.717) is 11.3 Å². The number of nitrogens with two attached hydrogens (primary N) is 1. The fourth-order valence-corrected chi connectivity index (χ4v) is 4.18. The minimum atomic E-state index is 0.213.